The predicted octanol–water partition coefficient (Wildman–Crippen LogP) is 1.49. The number of hydrogen-bond acceptors (Lipinski definition) is 4. The second kappa shape index (κ2) is 5.10. The van der Waals surface area contributed by atoms with Crippen LogP contribution in [0.4, 0.5) is 4.79 Å². The van der Waals surface area contributed by atoms with Crippen LogP contribution in [-0.4, -0.2) is 39.8 Å². The monoisotopic (exact) mass is 289 g/mol. The van der Waals surface area contributed by atoms with Gasteiger partial charge in [0.15, 0.2) is 0 Å². The molecule has 1 saturated heterocycles. The van der Waals surface area contributed by atoms with E-state index in [-0.39, 0.29) is 12.5 Å². The summed E-state index contributed by atoms with van der Waals surface area (Å²) in [6, 6.07) is 6.29. The Morgan fingerprint density at radius 1 is 1.48 bits per heavy atom. The summed E-state index contributed by atoms with van der Waals surface area (Å²) in [5.41, 5.74) is 0.943. The molecule has 0 saturated carbocycles. The molecule has 1 aromatic heterocycles. The van der Waals surface area contributed by atoms with Crippen LogP contribution in [0, 0.1) is 5.92 Å². The zero-order valence-electron chi connectivity index (χ0n) is 11.4. The van der Waals surface area contributed by atoms with Gasteiger partial charge in [-0.3, -0.25) is 10.0 Å². The number of H-pyrrole nitrogens is 1. The SMILES string of the molecule is CC1CN(O)C(=O)C1NC(=O)Oc1ccc2[nH]ccc2c1. The van der Waals surface area contributed by atoms with E-state index in [9.17, 15) is 14.8 Å². The van der Waals surface area contributed by atoms with E-state index in [0.717, 1.165) is 10.9 Å². The van der Waals surface area contributed by atoms with E-state index in [1.165, 1.54) is 0 Å². The maximum atomic E-state index is 11.8. The van der Waals surface area contributed by atoms with Crippen LogP contribution in [0.1, 0.15) is 6.92 Å². The normalized spacial score (nSPS) is 21.8. The molecule has 2 amide bonds. The van der Waals surface area contributed by atoms with Gasteiger partial charge < -0.3 is 15.0 Å². The van der Waals surface area contributed by atoms with Crippen molar-refractivity contribution in [3.63, 3.8) is 0 Å². The van der Waals surface area contributed by atoms with Crippen molar-refractivity contribution in [1.82, 2.24) is 15.4 Å². The molecular weight excluding hydrogens is 274 g/mol. The molecule has 2 aromatic rings. The van der Waals surface area contributed by atoms with Crippen LogP contribution in [0.25, 0.3) is 10.9 Å². The quantitative estimate of drug-likeness (QED) is 0.730. The molecule has 2 atom stereocenters. The fourth-order valence-corrected chi connectivity index (χ4v) is 2.43. The number of hydrogen-bond donors (Lipinski definition) is 3. The van der Waals surface area contributed by atoms with E-state index in [1.54, 1.807) is 31.3 Å². The number of aromatic amines is 1. The minimum Gasteiger partial charge on any atom is -0.410 e. The Kier molecular flexibility index (Phi) is 3.26. The zero-order valence-corrected chi connectivity index (χ0v) is 11.4. The fourth-order valence-electron chi connectivity index (χ4n) is 2.43. The third-order valence-electron chi connectivity index (χ3n) is 3.56. The van der Waals surface area contributed by atoms with Gasteiger partial charge in [0.2, 0.25) is 0 Å². The lowest BCUT2D eigenvalue weighted by molar-refractivity contribution is -0.158. The minimum atomic E-state index is -0.765. The maximum Gasteiger partial charge on any atom is 0.413 e. The van der Waals surface area contributed by atoms with E-state index in [0.29, 0.717) is 10.8 Å². The van der Waals surface area contributed by atoms with Gasteiger partial charge in [0.25, 0.3) is 5.91 Å². The number of nitrogens with one attached hydrogen (secondary N) is 2. The molecule has 110 valence electrons. The number of nitrogens with zero attached hydrogens (tertiary/aromatic N) is 1. The highest BCUT2D eigenvalue weighted by Gasteiger charge is 2.38. The van der Waals surface area contributed by atoms with Crippen LogP contribution in [-0.2, 0) is 4.79 Å². The lowest BCUT2D eigenvalue weighted by atomic mass is 10.1. The van der Waals surface area contributed by atoms with Crippen molar-refractivity contribution in [2.24, 2.45) is 5.92 Å². The van der Waals surface area contributed by atoms with Crippen LogP contribution in [0.2, 0.25) is 0 Å². The molecule has 0 radical (unpaired) electrons. The first-order chi connectivity index (χ1) is 10.0. The molecule has 0 bridgehead atoms. The first kappa shape index (κ1) is 13.4. The predicted molar refractivity (Wildman–Crippen MR) is 73.9 cm³/mol. The van der Waals surface area contributed by atoms with Gasteiger partial charge in [-0.2, -0.15) is 0 Å². The highest BCUT2D eigenvalue weighted by Crippen LogP contribution is 2.20. The second-order valence-corrected chi connectivity index (χ2v) is 5.14. The number of carbonyl (C=O) groups excluding carboxylic acids is 2. The van der Waals surface area contributed by atoms with Gasteiger partial charge in [-0.25, -0.2) is 9.86 Å². The summed E-state index contributed by atoms with van der Waals surface area (Å²) in [7, 11) is 0. The molecule has 3 N–H and O–H groups in total. The Morgan fingerprint density at radius 3 is 3.00 bits per heavy atom. The van der Waals surface area contributed by atoms with Crippen molar-refractivity contribution in [3.05, 3.63) is 30.5 Å². The number of hydroxylamine groups is 2. The number of ether oxygens (including phenoxy) is 1. The Labute approximate surface area is 120 Å². The van der Waals surface area contributed by atoms with Crippen LogP contribution in [0.15, 0.2) is 30.5 Å². The Hall–Kier alpha value is -2.54. The van der Waals surface area contributed by atoms with E-state index in [1.807, 2.05) is 6.07 Å². The van der Waals surface area contributed by atoms with Gasteiger partial charge in [-0.1, -0.05) is 6.92 Å². The van der Waals surface area contributed by atoms with Crippen LogP contribution >= 0.6 is 0 Å². The van der Waals surface area contributed by atoms with Crippen molar-refractivity contribution >= 4 is 22.9 Å². The summed E-state index contributed by atoms with van der Waals surface area (Å²) in [5, 5.41) is 13.3. The lowest BCUT2D eigenvalue weighted by Gasteiger charge is -2.14. The molecule has 2 heterocycles. The minimum absolute atomic E-state index is 0.179. The van der Waals surface area contributed by atoms with Crippen LogP contribution in [0.5, 0.6) is 5.75 Å². The second-order valence-electron chi connectivity index (χ2n) is 5.14. The van der Waals surface area contributed by atoms with Crippen molar-refractivity contribution in [3.8, 4) is 5.75 Å². The van der Waals surface area contributed by atoms with Gasteiger partial charge >= 0.3 is 6.09 Å². The summed E-state index contributed by atoms with van der Waals surface area (Å²) in [5.74, 6) is -0.318. The van der Waals surface area contributed by atoms with Crippen LogP contribution in [0.3, 0.4) is 0 Å². The molecule has 1 aliphatic rings. The van der Waals surface area contributed by atoms with E-state index < -0.39 is 18.0 Å². The van der Waals surface area contributed by atoms with E-state index in [2.05, 4.69) is 10.3 Å². The number of carbonyl (C=O) groups is 2. The Bertz CT molecular complexity index is 696. The first-order valence-electron chi connectivity index (χ1n) is 6.60. The topological polar surface area (TPSA) is 94.7 Å². The molecule has 1 aromatic carbocycles. The van der Waals surface area contributed by atoms with Crippen molar-refractivity contribution in [2.75, 3.05) is 6.54 Å². The summed E-state index contributed by atoms with van der Waals surface area (Å²) in [6.07, 6.45) is 1.08. The number of aromatic nitrogens is 1. The molecule has 2 unspecified atom stereocenters. The largest absolute Gasteiger partial charge is 0.413 e. The molecule has 21 heavy (non-hydrogen) atoms. The molecular formula is C14H15N3O4. The molecule has 7 heteroatoms. The Morgan fingerprint density at radius 2 is 2.29 bits per heavy atom. The van der Waals surface area contributed by atoms with Crippen molar-refractivity contribution in [2.45, 2.75) is 13.0 Å². The number of rotatable bonds is 2. The third kappa shape index (κ3) is 2.55. The fraction of sp³-hybridized carbons (Fsp3) is 0.286. The van der Waals surface area contributed by atoms with Crippen LogP contribution < -0.4 is 10.1 Å². The smallest absolute Gasteiger partial charge is 0.410 e. The van der Waals surface area contributed by atoms with Crippen molar-refractivity contribution < 1.29 is 19.5 Å². The molecule has 1 fully saturated rings. The standard InChI is InChI=1S/C14H15N3O4/c1-8-7-17(20)13(18)12(8)16-14(19)21-10-2-3-11-9(6-10)4-5-15-11/h2-6,8,12,15,20H,7H2,1H3,(H,16,19). The average Bonchev–Trinajstić information content (AvgIpc) is 2.99. The summed E-state index contributed by atoms with van der Waals surface area (Å²) < 4.78 is 5.17. The summed E-state index contributed by atoms with van der Waals surface area (Å²) >= 11 is 0. The molecule has 7 nitrogen and oxygen atoms in total. The van der Waals surface area contributed by atoms with Gasteiger partial charge in [-0.15, -0.1) is 0 Å². The maximum absolute atomic E-state index is 11.8. The zero-order chi connectivity index (χ0) is 15.0. The highest BCUT2D eigenvalue weighted by molar-refractivity contribution is 5.88. The van der Waals surface area contributed by atoms with E-state index in [4.69, 9.17) is 4.74 Å². The third-order valence-corrected chi connectivity index (χ3v) is 3.56. The van der Waals surface area contributed by atoms with E-state index >= 15 is 0 Å². The first-order valence-corrected chi connectivity index (χ1v) is 6.60. The van der Waals surface area contributed by atoms with Gasteiger partial charge in [0.05, 0.1) is 6.54 Å². The molecule has 3 rings (SSSR count). The van der Waals surface area contributed by atoms with Crippen molar-refractivity contribution in [1.29, 1.82) is 0 Å². The lowest BCUT2D eigenvalue weighted by Crippen LogP contribution is -2.44. The Balaban J connectivity index is 1.67. The van der Waals surface area contributed by atoms with Gasteiger partial charge in [-0.05, 0) is 24.3 Å². The molecule has 0 spiro atoms. The number of fused-ring (bicyclic) bond motifs is 1. The number of benzene rings is 1. The molecule has 0 aliphatic carbocycles. The van der Waals surface area contributed by atoms with Gasteiger partial charge in [0, 0.05) is 23.0 Å². The average molecular weight is 289 g/mol. The number of amides is 2. The van der Waals surface area contributed by atoms with Gasteiger partial charge in [0.1, 0.15) is 11.8 Å². The molecule has 1 aliphatic heterocycles. The summed E-state index contributed by atoms with van der Waals surface area (Å²) in [4.78, 5) is 26.5. The summed E-state index contributed by atoms with van der Waals surface area (Å²) in [6.45, 7) is 1.96. The highest BCUT2D eigenvalue weighted by atomic mass is 16.6.